The molecule has 0 saturated carbocycles. The number of ether oxygens (including phenoxy) is 1. The number of aromatic nitrogens is 2. The van der Waals surface area contributed by atoms with Gasteiger partial charge >= 0.3 is 6.09 Å². The van der Waals surface area contributed by atoms with Crippen molar-refractivity contribution in [1.29, 1.82) is 0 Å². The Morgan fingerprint density at radius 1 is 1.24 bits per heavy atom. The summed E-state index contributed by atoms with van der Waals surface area (Å²) in [5, 5.41) is 7.39. The van der Waals surface area contributed by atoms with Crippen molar-refractivity contribution < 1.29 is 14.3 Å². The number of carbonyl (C=O) groups is 2. The normalized spacial score (nSPS) is 17.4. The molecule has 1 aliphatic heterocycles. The van der Waals surface area contributed by atoms with E-state index in [1.54, 1.807) is 11.8 Å². The van der Waals surface area contributed by atoms with E-state index in [-0.39, 0.29) is 24.1 Å². The summed E-state index contributed by atoms with van der Waals surface area (Å²) in [7, 11) is 0. The molecule has 152 valence electrons. The first-order chi connectivity index (χ1) is 14.0. The molecule has 2 amide bonds. The summed E-state index contributed by atoms with van der Waals surface area (Å²) in [5.74, 6) is -0.231. The molecule has 0 fully saturated rings. The molecule has 2 aliphatic rings. The zero-order chi connectivity index (χ0) is 20.4. The third-order valence-electron chi connectivity index (χ3n) is 5.43. The highest BCUT2D eigenvalue weighted by Crippen LogP contribution is 2.30. The van der Waals surface area contributed by atoms with Gasteiger partial charge in [-0.3, -0.25) is 9.59 Å². The predicted octanol–water partition coefficient (Wildman–Crippen LogP) is 1.56. The maximum Gasteiger partial charge on any atom is 0.410 e. The van der Waals surface area contributed by atoms with Gasteiger partial charge in [-0.25, -0.2) is 9.48 Å². The van der Waals surface area contributed by atoms with Gasteiger partial charge in [0, 0.05) is 24.6 Å². The Balaban J connectivity index is 1.43. The van der Waals surface area contributed by atoms with E-state index in [1.807, 2.05) is 18.2 Å². The van der Waals surface area contributed by atoms with Gasteiger partial charge in [-0.2, -0.15) is 5.10 Å². The molecule has 8 nitrogen and oxygen atoms in total. The van der Waals surface area contributed by atoms with Crippen LogP contribution in [0.4, 0.5) is 4.79 Å². The number of rotatable bonds is 4. The molecule has 0 spiro atoms. The number of amides is 2. The average molecular weight is 396 g/mol. The number of benzene rings is 1. The second kappa shape index (κ2) is 8.06. The molecule has 2 heterocycles. The van der Waals surface area contributed by atoms with Crippen LogP contribution in [0, 0.1) is 0 Å². The van der Waals surface area contributed by atoms with Crippen LogP contribution in [-0.2, 0) is 35.5 Å². The van der Waals surface area contributed by atoms with Gasteiger partial charge in [-0.1, -0.05) is 24.3 Å². The van der Waals surface area contributed by atoms with E-state index in [0.717, 1.165) is 24.1 Å². The molecule has 1 aromatic heterocycles. The summed E-state index contributed by atoms with van der Waals surface area (Å²) in [6, 6.07) is 9.53. The number of hydrogen-bond donors (Lipinski definition) is 1. The Morgan fingerprint density at radius 2 is 2.07 bits per heavy atom. The van der Waals surface area contributed by atoms with Crippen LogP contribution in [0.1, 0.15) is 41.8 Å². The third-order valence-corrected chi connectivity index (χ3v) is 5.43. The lowest BCUT2D eigenvalue weighted by atomic mass is 10.1. The van der Waals surface area contributed by atoms with Gasteiger partial charge in [0.2, 0.25) is 5.91 Å². The van der Waals surface area contributed by atoms with Crippen molar-refractivity contribution in [3.63, 3.8) is 0 Å². The minimum atomic E-state index is -0.390. The maximum absolute atomic E-state index is 12.5. The first-order valence-electron chi connectivity index (χ1n) is 9.94. The summed E-state index contributed by atoms with van der Waals surface area (Å²) in [4.78, 5) is 38.4. The molecule has 0 radical (unpaired) electrons. The van der Waals surface area contributed by atoms with Gasteiger partial charge < -0.3 is 15.0 Å². The molecular formula is C21H24N4O4. The van der Waals surface area contributed by atoms with Crippen molar-refractivity contribution in [3.05, 3.63) is 63.1 Å². The Kier molecular flexibility index (Phi) is 5.33. The second-order valence-electron chi connectivity index (χ2n) is 7.34. The van der Waals surface area contributed by atoms with Crippen LogP contribution in [0.5, 0.6) is 0 Å². The zero-order valence-electron chi connectivity index (χ0n) is 16.4. The molecule has 1 aromatic carbocycles. The van der Waals surface area contributed by atoms with E-state index in [0.29, 0.717) is 31.7 Å². The Hall–Kier alpha value is -3.16. The standard InChI is InChI=1S/C21H24N4O4/c1-2-29-21(28)24-10-9-17-15(12-24)11-20(27)25(23-17)13-19(26)22-18-8-7-14-5-3-4-6-16(14)18/h3-6,11,18H,2,7-10,12-13H2,1H3,(H,22,26). The summed E-state index contributed by atoms with van der Waals surface area (Å²) in [6.45, 7) is 2.71. The Bertz CT molecular complexity index is 1000. The van der Waals surface area contributed by atoms with Gasteiger partial charge in [-0.15, -0.1) is 0 Å². The fraction of sp³-hybridized carbons (Fsp3) is 0.429. The van der Waals surface area contributed by atoms with E-state index in [4.69, 9.17) is 4.74 Å². The van der Waals surface area contributed by atoms with Crippen molar-refractivity contribution >= 4 is 12.0 Å². The highest BCUT2D eigenvalue weighted by atomic mass is 16.6. The molecule has 2 aromatic rings. The van der Waals surface area contributed by atoms with Crippen LogP contribution in [0.2, 0.25) is 0 Å². The van der Waals surface area contributed by atoms with E-state index >= 15 is 0 Å². The monoisotopic (exact) mass is 396 g/mol. The molecule has 0 bridgehead atoms. The highest BCUT2D eigenvalue weighted by molar-refractivity contribution is 5.76. The molecule has 4 rings (SSSR count). The summed E-state index contributed by atoms with van der Waals surface area (Å²) in [5.41, 5.74) is 3.50. The van der Waals surface area contributed by atoms with Gasteiger partial charge in [-0.05, 0) is 30.9 Å². The van der Waals surface area contributed by atoms with Gasteiger partial charge in [0.05, 0.1) is 24.9 Å². The fourth-order valence-corrected chi connectivity index (χ4v) is 4.01. The van der Waals surface area contributed by atoms with E-state index < -0.39 is 6.09 Å². The first-order valence-corrected chi connectivity index (χ1v) is 9.94. The number of carbonyl (C=O) groups excluding carboxylic acids is 2. The van der Waals surface area contributed by atoms with Crippen LogP contribution in [0.3, 0.4) is 0 Å². The number of hydrogen-bond acceptors (Lipinski definition) is 5. The lowest BCUT2D eigenvalue weighted by Gasteiger charge is -2.27. The molecule has 1 unspecified atom stereocenters. The quantitative estimate of drug-likeness (QED) is 0.847. The van der Waals surface area contributed by atoms with E-state index in [9.17, 15) is 14.4 Å². The van der Waals surface area contributed by atoms with Gasteiger partial charge in [0.1, 0.15) is 6.54 Å². The SMILES string of the molecule is CCOC(=O)N1CCc2nn(CC(=O)NC3CCc4ccccc43)c(=O)cc2C1. The Morgan fingerprint density at radius 3 is 2.90 bits per heavy atom. The molecular weight excluding hydrogens is 372 g/mol. The predicted molar refractivity (Wildman–Crippen MR) is 105 cm³/mol. The summed E-state index contributed by atoms with van der Waals surface area (Å²) in [6.07, 6.45) is 1.93. The smallest absolute Gasteiger partial charge is 0.410 e. The van der Waals surface area contributed by atoms with Crippen molar-refractivity contribution in [1.82, 2.24) is 20.0 Å². The largest absolute Gasteiger partial charge is 0.450 e. The number of nitrogens with one attached hydrogen (secondary N) is 1. The first kappa shape index (κ1) is 19.2. The van der Waals surface area contributed by atoms with Gasteiger partial charge in [0.15, 0.2) is 0 Å². The van der Waals surface area contributed by atoms with Crippen molar-refractivity contribution in [2.75, 3.05) is 13.2 Å². The highest BCUT2D eigenvalue weighted by Gasteiger charge is 2.25. The lowest BCUT2D eigenvalue weighted by Crippen LogP contribution is -2.40. The van der Waals surface area contributed by atoms with Crippen molar-refractivity contribution in [2.24, 2.45) is 0 Å². The topological polar surface area (TPSA) is 93.5 Å². The summed E-state index contributed by atoms with van der Waals surface area (Å²) >= 11 is 0. The van der Waals surface area contributed by atoms with Crippen LogP contribution in [0.15, 0.2) is 35.1 Å². The van der Waals surface area contributed by atoms with Crippen molar-refractivity contribution in [3.8, 4) is 0 Å². The molecule has 1 aliphatic carbocycles. The van der Waals surface area contributed by atoms with Crippen LogP contribution in [0.25, 0.3) is 0 Å². The molecule has 1 N–H and O–H groups in total. The molecule has 0 saturated heterocycles. The zero-order valence-corrected chi connectivity index (χ0v) is 16.4. The maximum atomic E-state index is 12.5. The number of fused-ring (bicyclic) bond motifs is 2. The van der Waals surface area contributed by atoms with Crippen LogP contribution < -0.4 is 10.9 Å². The van der Waals surface area contributed by atoms with Crippen LogP contribution >= 0.6 is 0 Å². The van der Waals surface area contributed by atoms with E-state index in [2.05, 4.69) is 16.5 Å². The minimum absolute atomic E-state index is 0.0230. The van der Waals surface area contributed by atoms with Crippen molar-refractivity contribution in [2.45, 2.75) is 45.3 Å². The minimum Gasteiger partial charge on any atom is -0.450 e. The second-order valence-corrected chi connectivity index (χ2v) is 7.34. The fourth-order valence-electron chi connectivity index (χ4n) is 4.01. The summed E-state index contributed by atoms with van der Waals surface area (Å²) < 4.78 is 6.22. The molecule has 8 heteroatoms. The van der Waals surface area contributed by atoms with Crippen LogP contribution in [-0.4, -0.2) is 39.8 Å². The lowest BCUT2D eigenvalue weighted by molar-refractivity contribution is -0.122. The van der Waals surface area contributed by atoms with E-state index in [1.165, 1.54) is 16.3 Å². The number of nitrogens with zero attached hydrogens (tertiary/aromatic N) is 3. The Labute approximate surface area is 168 Å². The number of aryl methyl sites for hydroxylation is 1. The average Bonchev–Trinajstić information content (AvgIpc) is 3.11. The third kappa shape index (κ3) is 4.01. The molecule has 1 atom stereocenters. The van der Waals surface area contributed by atoms with Gasteiger partial charge in [0.25, 0.3) is 5.56 Å². The molecule has 29 heavy (non-hydrogen) atoms.